The summed E-state index contributed by atoms with van der Waals surface area (Å²) in [5.41, 5.74) is 3.84. The third kappa shape index (κ3) is 2.01. The van der Waals surface area contributed by atoms with E-state index in [1.54, 1.807) is 0 Å². The average molecular weight is 244 g/mol. The highest BCUT2D eigenvalue weighted by molar-refractivity contribution is 7.19. The number of aromatic nitrogens is 1. The van der Waals surface area contributed by atoms with Crippen molar-refractivity contribution in [3.8, 4) is 0 Å². The number of nitrogens with zero attached hydrogens (tertiary/aromatic N) is 1. The summed E-state index contributed by atoms with van der Waals surface area (Å²) >= 11 is 1.81. The van der Waals surface area contributed by atoms with Crippen LogP contribution in [-0.2, 0) is 0 Å². The van der Waals surface area contributed by atoms with Crippen LogP contribution in [0.1, 0.15) is 23.9 Å². The van der Waals surface area contributed by atoms with Crippen LogP contribution in [0.15, 0.2) is 24.3 Å². The maximum atomic E-state index is 4.79. The Morgan fingerprint density at radius 3 is 3.06 bits per heavy atom. The summed E-state index contributed by atoms with van der Waals surface area (Å²) in [6.45, 7) is 5.38. The van der Waals surface area contributed by atoms with Gasteiger partial charge in [-0.1, -0.05) is 18.2 Å². The Kier molecular flexibility index (Phi) is 2.73. The first-order valence-electron chi connectivity index (χ1n) is 6.04. The van der Waals surface area contributed by atoms with Gasteiger partial charge in [0.05, 0.1) is 10.2 Å². The zero-order chi connectivity index (χ0) is 11.8. The van der Waals surface area contributed by atoms with Gasteiger partial charge in [-0.05, 0) is 44.0 Å². The lowest BCUT2D eigenvalue weighted by atomic mass is 10.1. The van der Waals surface area contributed by atoms with Gasteiger partial charge in [-0.25, -0.2) is 4.98 Å². The van der Waals surface area contributed by atoms with Gasteiger partial charge in [0.1, 0.15) is 5.01 Å². The lowest BCUT2D eigenvalue weighted by Gasteiger charge is -2.17. The number of para-hydroxylation sites is 1. The standard InChI is InChI=1S/C14H16N2S/c1-9-4-3-5-12-13(9)16-14(17-12)11-6-7-15-10(2)8-11/h3-5,8,10,15H,6-7H2,1-2H3. The molecule has 1 atom stereocenters. The van der Waals surface area contributed by atoms with Crippen LogP contribution in [-0.4, -0.2) is 17.6 Å². The fraction of sp³-hybridized carbons (Fsp3) is 0.357. The van der Waals surface area contributed by atoms with Crippen molar-refractivity contribution in [3.05, 3.63) is 34.8 Å². The number of nitrogens with one attached hydrogen (secondary N) is 1. The molecule has 0 spiro atoms. The number of fused-ring (bicyclic) bond motifs is 1. The van der Waals surface area contributed by atoms with Crippen molar-refractivity contribution in [1.82, 2.24) is 10.3 Å². The number of benzene rings is 1. The maximum Gasteiger partial charge on any atom is 0.120 e. The second-order valence-electron chi connectivity index (χ2n) is 4.63. The molecule has 0 fully saturated rings. The van der Waals surface area contributed by atoms with Crippen LogP contribution in [0.25, 0.3) is 15.8 Å². The SMILES string of the molecule is Cc1cccc2sc(C3=CC(C)NCC3)nc12. The smallest absolute Gasteiger partial charge is 0.120 e. The molecular weight excluding hydrogens is 228 g/mol. The van der Waals surface area contributed by atoms with Gasteiger partial charge < -0.3 is 5.32 Å². The van der Waals surface area contributed by atoms with E-state index in [0.717, 1.165) is 13.0 Å². The molecule has 0 radical (unpaired) electrons. The van der Waals surface area contributed by atoms with E-state index in [9.17, 15) is 0 Å². The summed E-state index contributed by atoms with van der Waals surface area (Å²) in [4.78, 5) is 4.79. The molecule has 0 bridgehead atoms. The Balaban J connectivity index is 2.09. The van der Waals surface area contributed by atoms with E-state index >= 15 is 0 Å². The van der Waals surface area contributed by atoms with E-state index in [0.29, 0.717) is 6.04 Å². The molecule has 1 aliphatic heterocycles. The van der Waals surface area contributed by atoms with Crippen LogP contribution in [0.3, 0.4) is 0 Å². The molecule has 0 saturated carbocycles. The molecule has 1 aromatic carbocycles. The molecule has 2 nitrogen and oxygen atoms in total. The first-order valence-corrected chi connectivity index (χ1v) is 6.86. The fourth-order valence-electron chi connectivity index (χ4n) is 2.28. The number of hydrogen-bond acceptors (Lipinski definition) is 3. The van der Waals surface area contributed by atoms with Crippen molar-refractivity contribution in [3.63, 3.8) is 0 Å². The number of hydrogen-bond donors (Lipinski definition) is 1. The Labute approximate surface area is 105 Å². The quantitative estimate of drug-likeness (QED) is 0.832. The first kappa shape index (κ1) is 10.9. The second kappa shape index (κ2) is 4.24. The van der Waals surface area contributed by atoms with Gasteiger partial charge >= 0.3 is 0 Å². The maximum absolute atomic E-state index is 4.79. The highest BCUT2D eigenvalue weighted by Crippen LogP contribution is 2.31. The number of aryl methyl sites for hydroxylation is 1. The summed E-state index contributed by atoms with van der Waals surface area (Å²) in [7, 11) is 0. The van der Waals surface area contributed by atoms with Gasteiger partial charge in [-0.15, -0.1) is 11.3 Å². The van der Waals surface area contributed by atoms with Crippen molar-refractivity contribution in [2.75, 3.05) is 6.54 Å². The molecule has 3 rings (SSSR count). The molecule has 0 aliphatic carbocycles. The number of rotatable bonds is 1. The largest absolute Gasteiger partial charge is 0.310 e. The van der Waals surface area contributed by atoms with E-state index in [-0.39, 0.29) is 0 Å². The molecule has 2 heterocycles. The molecule has 0 saturated heterocycles. The van der Waals surface area contributed by atoms with Gasteiger partial charge in [-0.3, -0.25) is 0 Å². The number of thiazole rings is 1. The zero-order valence-electron chi connectivity index (χ0n) is 10.2. The first-order chi connectivity index (χ1) is 8.24. The monoisotopic (exact) mass is 244 g/mol. The Morgan fingerprint density at radius 1 is 1.41 bits per heavy atom. The minimum absolute atomic E-state index is 0.465. The second-order valence-corrected chi connectivity index (χ2v) is 5.66. The van der Waals surface area contributed by atoms with Crippen molar-refractivity contribution in [1.29, 1.82) is 0 Å². The third-order valence-electron chi connectivity index (χ3n) is 3.21. The molecule has 88 valence electrons. The molecule has 1 aromatic heterocycles. The Hall–Kier alpha value is -1.19. The molecule has 2 aromatic rings. The van der Waals surface area contributed by atoms with Crippen LogP contribution in [0, 0.1) is 6.92 Å². The molecule has 3 heteroatoms. The molecule has 17 heavy (non-hydrogen) atoms. The van der Waals surface area contributed by atoms with Crippen LogP contribution in [0.5, 0.6) is 0 Å². The van der Waals surface area contributed by atoms with E-state index < -0.39 is 0 Å². The fourth-order valence-corrected chi connectivity index (χ4v) is 3.38. The van der Waals surface area contributed by atoms with Gasteiger partial charge in [0, 0.05) is 6.04 Å². The molecule has 1 unspecified atom stereocenters. The highest BCUT2D eigenvalue weighted by atomic mass is 32.1. The van der Waals surface area contributed by atoms with E-state index in [1.807, 2.05) is 11.3 Å². The predicted octanol–water partition coefficient (Wildman–Crippen LogP) is 3.37. The molecule has 1 aliphatic rings. The molecule has 1 N–H and O–H groups in total. The predicted molar refractivity (Wildman–Crippen MR) is 74.4 cm³/mol. The van der Waals surface area contributed by atoms with Crippen molar-refractivity contribution in [2.45, 2.75) is 26.3 Å². The Morgan fingerprint density at radius 2 is 2.29 bits per heavy atom. The lowest BCUT2D eigenvalue weighted by Crippen LogP contribution is -2.29. The minimum atomic E-state index is 0.465. The summed E-state index contributed by atoms with van der Waals surface area (Å²) in [6, 6.07) is 6.87. The average Bonchev–Trinajstić information content (AvgIpc) is 2.74. The van der Waals surface area contributed by atoms with Crippen LogP contribution < -0.4 is 5.32 Å². The molecule has 0 amide bonds. The van der Waals surface area contributed by atoms with Gasteiger partial charge in [0.15, 0.2) is 0 Å². The minimum Gasteiger partial charge on any atom is -0.310 e. The third-order valence-corrected chi connectivity index (χ3v) is 4.30. The van der Waals surface area contributed by atoms with Gasteiger partial charge in [-0.2, -0.15) is 0 Å². The van der Waals surface area contributed by atoms with E-state index in [1.165, 1.54) is 26.4 Å². The van der Waals surface area contributed by atoms with Crippen LogP contribution >= 0.6 is 11.3 Å². The van der Waals surface area contributed by atoms with Crippen molar-refractivity contribution < 1.29 is 0 Å². The Bertz CT molecular complexity index is 583. The van der Waals surface area contributed by atoms with Crippen LogP contribution in [0.2, 0.25) is 0 Å². The topological polar surface area (TPSA) is 24.9 Å². The van der Waals surface area contributed by atoms with E-state index in [4.69, 9.17) is 4.98 Å². The highest BCUT2D eigenvalue weighted by Gasteiger charge is 2.14. The van der Waals surface area contributed by atoms with Gasteiger partial charge in [0.25, 0.3) is 0 Å². The van der Waals surface area contributed by atoms with Crippen molar-refractivity contribution >= 4 is 27.1 Å². The summed E-state index contributed by atoms with van der Waals surface area (Å²) in [5.74, 6) is 0. The molecular formula is C14H16N2S. The van der Waals surface area contributed by atoms with Crippen molar-refractivity contribution in [2.24, 2.45) is 0 Å². The zero-order valence-corrected chi connectivity index (χ0v) is 11.0. The van der Waals surface area contributed by atoms with E-state index in [2.05, 4.69) is 43.4 Å². The van der Waals surface area contributed by atoms with Gasteiger partial charge in [0.2, 0.25) is 0 Å². The normalized spacial score (nSPS) is 20.6. The van der Waals surface area contributed by atoms with Crippen LogP contribution in [0.4, 0.5) is 0 Å². The summed E-state index contributed by atoms with van der Waals surface area (Å²) in [5, 5.41) is 4.62. The lowest BCUT2D eigenvalue weighted by molar-refractivity contribution is 0.620. The summed E-state index contributed by atoms with van der Waals surface area (Å²) < 4.78 is 1.30. The summed E-state index contributed by atoms with van der Waals surface area (Å²) in [6.07, 6.45) is 3.39.